The number of piperazine rings is 1. The number of nitrogens with zero attached hydrogens (tertiary/aromatic N) is 3. The van der Waals surface area contributed by atoms with Gasteiger partial charge in [-0.15, -0.1) is 24.8 Å². The molecular formula is C24H38Cl2N4O6S. The van der Waals surface area contributed by atoms with E-state index < -0.39 is 20.7 Å². The summed E-state index contributed by atoms with van der Waals surface area (Å²) < 4.78 is 32.7. The Morgan fingerprint density at radius 3 is 2.14 bits per heavy atom. The minimum absolute atomic E-state index is 0. The number of amides is 2. The number of piperidine rings is 1. The van der Waals surface area contributed by atoms with Gasteiger partial charge in [-0.2, -0.15) is 4.31 Å². The van der Waals surface area contributed by atoms with Gasteiger partial charge in [-0.3, -0.25) is 14.8 Å². The first-order valence-electron chi connectivity index (χ1n) is 12.5. The number of unbranched alkanes of at least 4 members (excludes halogenated alkanes) is 1. The molecule has 0 spiro atoms. The van der Waals surface area contributed by atoms with Crippen molar-refractivity contribution >= 4 is 52.3 Å². The summed E-state index contributed by atoms with van der Waals surface area (Å²) in [6, 6.07) is 7.79. The minimum Gasteiger partial charge on any atom is -0.494 e. The molecule has 210 valence electrons. The van der Waals surface area contributed by atoms with Gasteiger partial charge in [0.1, 0.15) is 5.75 Å². The Hall–Kier alpha value is -1.79. The van der Waals surface area contributed by atoms with Gasteiger partial charge in [0.2, 0.25) is 15.9 Å². The lowest BCUT2D eigenvalue weighted by Crippen LogP contribution is -2.64. The van der Waals surface area contributed by atoms with Gasteiger partial charge in [0.25, 0.3) is 5.91 Å². The molecule has 37 heavy (non-hydrogen) atoms. The number of nitrogens with one attached hydrogen (secondary N) is 1. The van der Waals surface area contributed by atoms with Crippen molar-refractivity contribution in [2.24, 2.45) is 5.92 Å². The summed E-state index contributed by atoms with van der Waals surface area (Å²) in [5.41, 5.74) is 2.57. The summed E-state index contributed by atoms with van der Waals surface area (Å²) in [5.74, 6) is -0.0318. The predicted molar refractivity (Wildman–Crippen MR) is 145 cm³/mol. The average molecular weight is 582 g/mol. The van der Waals surface area contributed by atoms with Gasteiger partial charge < -0.3 is 14.5 Å². The van der Waals surface area contributed by atoms with E-state index >= 15 is 0 Å². The fourth-order valence-corrected chi connectivity index (χ4v) is 7.02. The Bertz CT molecular complexity index is 1010. The molecule has 13 heteroatoms. The zero-order valence-corrected chi connectivity index (χ0v) is 23.6. The Balaban J connectivity index is 0.00000241. The van der Waals surface area contributed by atoms with E-state index in [4.69, 9.17) is 4.74 Å². The molecule has 3 aliphatic rings. The maximum atomic E-state index is 13.7. The summed E-state index contributed by atoms with van der Waals surface area (Å²) in [4.78, 5) is 28.9. The van der Waals surface area contributed by atoms with Crippen LogP contribution in [0.3, 0.4) is 0 Å². The molecule has 4 rings (SSSR count). The van der Waals surface area contributed by atoms with Crippen LogP contribution in [0.25, 0.3) is 0 Å². The largest absolute Gasteiger partial charge is 0.494 e. The second-order valence-corrected chi connectivity index (χ2v) is 11.9. The average Bonchev–Trinajstić information content (AvgIpc) is 3.74. The van der Waals surface area contributed by atoms with Gasteiger partial charge in [-0.25, -0.2) is 13.9 Å². The summed E-state index contributed by atoms with van der Waals surface area (Å²) in [7, 11) is -4.06. The van der Waals surface area contributed by atoms with Crippen LogP contribution < -0.4 is 15.1 Å². The van der Waals surface area contributed by atoms with Gasteiger partial charge in [0.05, 0.1) is 6.61 Å². The van der Waals surface area contributed by atoms with Gasteiger partial charge in [0, 0.05) is 50.9 Å². The fraction of sp³-hybridized carbons (Fsp3) is 0.667. The van der Waals surface area contributed by atoms with E-state index in [1.807, 2.05) is 24.3 Å². The molecule has 0 bridgehead atoms. The molecule has 0 aromatic heterocycles. The van der Waals surface area contributed by atoms with E-state index in [9.17, 15) is 23.2 Å². The molecule has 0 unspecified atom stereocenters. The maximum absolute atomic E-state index is 13.7. The highest BCUT2D eigenvalue weighted by Gasteiger charge is 2.56. The van der Waals surface area contributed by atoms with Crippen LogP contribution in [-0.4, -0.2) is 85.3 Å². The number of benzene rings is 1. The Morgan fingerprint density at radius 1 is 1.03 bits per heavy atom. The first-order valence-corrected chi connectivity index (χ1v) is 14.0. The summed E-state index contributed by atoms with van der Waals surface area (Å²) in [5, 5.41) is 9.39. The third-order valence-electron chi connectivity index (χ3n) is 7.37. The Morgan fingerprint density at radius 2 is 1.62 bits per heavy atom. The molecule has 10 nitrogen and oxygen atoms in total. The highest BCUT2D eigenvalue weighted by Crippen LogP contribution is 2.37. The van der Waals surface area contributed by atoms with Crippen LogP contribution in [0.5, 0.6) is 5.75 Å². The van der Waals surface area contributed by atoms with E-state index in [2.05, 4.69) is 11.8 Å². The van der Waals surface area contributed by atoms with Crippen LogP contribution in [0, 0.1) is 5.92 Å². The van der Waals surface area contributed by atoms with E-state index in [0.29, 0.717) is 19.7 Å². The summed E-state index contributed by atoms with van der Waals surface area (Å²) >= 11 is 0. The number of halogens is 2. The van der Waals surface area contributed by atoms with E-state index in [-0.39, 0.29) is 75.7 Å². The lowest BCUT2D eigenvalue weighted by Gasteiger charge is -2.44. The number of carbonyl (C=O) groups is 2. The molecule has 2 saturated heterocycles. The number of anilines is 1. The van der Waals surface area contributed by atoms with Crippen molar-refractivity contribution in [1.82, 2.24) is 14.7 Å². The molecule has 1 aromatic carbocycles. The number of ether oxygens (including phenoxy) is 1. The van der Waals surface area contributed by atoms with Crippen LogP contribution in [-0.2, 0) is 19.6 Å². The Labute approximate surface area is 231 Å². The van der Waals surface area contributed by atoms with Gasteiger partial charge in [-0.05, 0) is 56.4 Å². The number of likely N-dealkylation sites (tertiary alicyclic amines) is 1. The molecule has 0 atom stereocenters. The molecule has 1 saturated carbocycles. The van der Waals surface area contributed by atoms with Crippen LogP contribution in [0.1, 0.15) is 45.4 Å². The van der Waals surface area contributed by atoms with Gasteiger partial charge >= 0.3 is 0 Å². The molecule has 2 N–H and O–H groups in total. The van der Waals surface area contributed by atoms with E-state index in [1.165, 1.54) is 4.31 Å². The highest BCUT2D eigenvalue weighted by atomic mass is 35.5. The molecule has 2 aliphatic heterocycles. The molecule has 1 aromatic rings. The van der Waals surface area contributed by atoms with Crippen LogP contribution >= 0.6 is 24.8 Å². The van der Waals surface area contributed by atoms with Gasteiger partial charge in [-0.1, -0.05) is 13.3 Å². The Kier molecular flexibility index (Phi) is 11.3. The molecule has 1 aliphatic carbocycles. The van der Waals surface area contributed by atoms with Crippen molar-refractivity contribution < 1.29 is 28.0 Å². The predicted octanol–water partition coefficient (Wildman–Crippen LogP) is 2.44. The molecule has 0 radical (unpaired) electrons. The standard InChI is InChI=1S/C24H36N4O6S.2ClH/c1-2-3-18-34-21-8-6-20(7-9-21)26-14-16-28(17-15-26)35(32,33)24(23(30)25-31)10-12-27(13-11-24)22(29)19-4-5-19;;/h6-9,19,31H,2-5,10-18H2,1H3,(H,25,30);2*1H. The highest BCUT2D eigenvalue weighted by molar-refractivity contribution is 7.91. The first kappa shape index (κ1) is 31.4. The number of rotatable bonds is 9. The zero-order valence-electron chi connectivity index (χ0n) is 21.1. The van der Waals surface area contributed by atoms with Crippen molar-refractivity contribution in [2.45, 2.75) is 50.2 Å². The van der Waals surface area contributed by atoms with E-state index in [0.717, 1.165) is 37.1 Å². The minimum atomic E-state index is -4.06. The lowest BCUT2D eigenvalue weighted by atomic mass is 9.94. The zero-order chi connectivity index (χ0) is 25.1. The van der Waals surface area contributed by atoms with Crippen molar-refractivity contribution in [3.05, 3.63) is 24.3 Å². The number of hydrogen-bond donors (Lipinski definition) is 2. The smallest absolute Gasteiger partial charge is 0.266 e. The third kappa shape index (κ3) is 6.62. The van der Waals surface area contributed by atoms with Crippen LogP contribution in [0.4, 0.5) is 5.69 Å². The van der Waals surface area contributed by atoms with Crippen LogP contribution in [0.15, 0.2) is 24.3 Å². The SMILES string of the molecule is CCCCOc1ccc(N2CCN(S(=O)(=O)C3(C(=O)NO)CCN(C(=O)C4CC4)CC3)CC2)cc1.Cl.Cl. The lowest BCUT2D eigenvalue weighted by molar-refractivity contribution is -0.138. The quantitative estimate of drug-likeness (QED) is 0.261. The first-order chi connectivity index (χ1) is 16.8. The monoisotopic (exact) mass is 580 g/mol. The van der Waals surface area contributed by atoms with Crippen molar-refractivity contribution in [2.75, 3.05) is 50.8 Å². The number of carbonyl (C=O) groups excluding carboxylic acids is 2. The molecular weight excluding hydrogens is 543 g/mol. The number of hydrogen-bond acceptors (Lipinski definition) is 7. The van der Waals surface area contributed by atoms with Crippen LogP contribution in [0.2, 0.25) is 0 Å². The summed E-state index contributed by atoms with van der Waals surface area (Å²) in [6.07, 6.45) is 3.76. The molecule has 2 amide bonds. The third-order valence-corrected chi connectivity index (χ3v) is 9.99. The summed E-state index contributed by atoms with van der Waals surface area (Å²) in [6.45, 7) is 4.62. The second-order valence-electron chi connectivity index (χ2n) is 9.62. The normalized spacial score (nSPS) is 19.8. The topological polar surface area (TPSA) is 119 Å². The fourth-order valence-electron chi connectivity index (χ4n) is 4.90. The van der Waals surface area contributed by atoms with Crippen molar-refractivity contribution in [3.63, 3.8) is 0 Å². The molecule has 2 heterocycles. The second kappa shape index (κ2) is 13.3. The van der Waals surface area contributed by atoms with Gasteiger partial charge in [0.15, 0.2) is 4.75 Å². The number of hydroxylamine groups is 1. The van der Waals surface area contributed by atoms with Crippen molar-refractivity contribution in [3.8, 4) is 5.75 Å². The number of sulfonamides is 1. The molecule has 3 fully saturated rings. The van der Waals surface area contributed by atoms with E-state index in [1.54, 1.807) is 10.4 Å². The maximum Gasteiger partial charge on any atom is 0.266 e. The van der Waals surface area contributed by atoms with Crippen molar-refractivity contribution in [1.29, 1.82) is 0 Å².